The average molecular weight is 238 g/mol. The van der Waals surface area contributed by atoms with Crippen LogP contribution in [0.5, 0.6) is 0 Å². The standard InChI is InChI=1S/C15H26O2/c1-3-5-7-8-9-10-12-14-17-15(16)13-11-6-4-2/h3-9,11,13-14H2,1-2H3. The van der Waals surface area contributed by atoms with Crippen molar-refractivity contribution < 1.29 is 9.53 Å². The molecule has 0 rings (SSSR count). The topological polar surface area (TPSA) is 26.3 Å². The molecule has 0 saturated carbocycles. The van der Waals surface area contributed by atoms with E-state index in [9.17, 15) is 4.79 Å². The van der Waals surface area contributed by atoms with Crippen LogP contribution in [-0.4, -0.2) is 12.6 Å². The van der Waals surface area contributed by atoms with Crippen molar-refractivity contribution in [3.8, 4) is 11.8 Å². The first-order valence-electron chi connectivity index (χ1n) is 6.92. The molecule has 0 unspecified atom stereocenters. The van der Waals surface area contributed by atoms with Gasteiger partial charge >= 0.3 is 5.97 Å². The fraction of sp³-hybridized carbons (Fsp3) is 0.800. The van der Waals surface area contributed by atoms with Gasteiger partial charge in [-0.1, -0.05) is 57.8 Å². The zero-order valence-corrected chi connectivity index (χ0v) is 11.4. The molecule has 98 valence electrons. The van der Waals surface area contributed by atoms with Crippen LogP contribution in [0.1, 0.15) is 71.6 Å². The summed E-state index contributed by atoms with van der Waals surface area (Å²) in [5.41, 5.74) is 0. The molecule has 0 N–H and O–H groups in total. The molecule has 0 aliphatic carbocycles. The molecule has 0 bridgehead atoms. The Hall–Kier alpha value is -0.970. The number of carbonyl (C=O) groups excluding carboxylic acids is 1. The summed E-state index contributed by atoms with van der Waals surface area (Å²) in [6.45, 7) is 4.58. The van der Waals surface area contributed by atoms with Gasteiger partial charge in [0.15, 0.2) is 6.61 Å². The average Bonchev–Trinajstić information content (AvgIpc) is 2.33. The van der Waals surface area contributed by atoms with Crippen molar-refractivity contribution in [1.29, 1.82) is 0 Å². The Labute approximate surface area is 106 Å². The van der Waals surface area contributed by atoms with E-state index in [2.05, 4.69) is 25.7 Å². The number of hydrogen-bond acceptors (Lipinski definition) is 2. The van der Waals surface area contributed by atoms with E-state index in [0.29, 0.717) is 6.42 Å². The third kappa shape index (κ3) is 13.0. The molecule has 0 heterocycles. The normalized spacial score (nSPS) is 9.53. The molecule has 17 heavy (non-hydrogen) atoms. The van der Waals surface area contributed by atoms with E-state index < -0.39 is 0 Å². The molecule has 0 aliphatic rings. The Morgan fingerprint density at radius 3 is 2.35 bits per heavy atom. The molecule has 0 aromatic carbocycles. The summed E-state index contributed by atoms with van der Waals surface area (Å²) in [4.78, 5) is 11.2. The van der Waals surface area contributed by atoms with Crippen molar-refractivity contribution in [2.45, 2.75) is 71.6 Å². The molecule has 0 aromatic rings. The Morgan fingerprint density at radius 2 is 1.65 bits per heavy atom. The number of rotatable bonds is 9. The lowest BCUT2D eigenvalue weighted by atomic mass is 10.2. The molecule has 2 heteroatoms. The third-order valence-corrected chi connectivity index (χ3v) is 2.57. The van der Waals surface area contributed by atoms with Crippen molar-refractivity contribution in [3.63, 3.8) is 0 Å². The van der Waals surface area contributed by atoms with E-state index in [4.69, 9.17) is 4.74 Å². The summed E-state index contributed by atoms with van der Waals surface area (Å²) in [7, 11) is 0. The van der Waals surface area contributed by atoms with E-state index in [0.717, 1.165) is 32.1 Å². The van der Waals surface area contributed by atoms with Gasteiger partial charge in [0, 0.05) is 12.8 Å². The number of unbranched alkanes of at least 4 members (excludes halogenated alkanes) is 6. The Morgan fingerprint density at radius 1 is 0.941 bits per heavy atom. The zero-order valence-electron chi connectivity index (χ0n) is 11.4. The molecule has 2 nitrogen and oxygen atoms in total. The first-order valence-corrected chi connectivity index (χ1v) is 6.92. The van der Waals surface area contributed by atoms with Crippen LogP contribution in [0.25, 0.3) is 0 Å². The zero-order chi connectivity index (χ0) is 12.8. The minimum absolute atomic E-state index is 0.112. The van der Waals surface area contributed by atoms with E-state index in [1.807, 2.05) is 0 Å². The van der Waals surface area contributed by atoms with Gasteiger partial charge in [-0.2, -0.15) is 0 Å². The molecule has 0 aliphatic heterocycles. The predicted octanol–water partition coefficient (Wildman–Crippen LogP) is 4.08. The highest BCUT2D eigenvalue weighted by atomic mass is 16.5. The maximum Gasteiger partial charge on any atom is 0.306 e. The number of hydrogen-bond donors (Lipinski definition) is 0. The van der Waals surface area contributed by atoms with Crippen LogP contribution < -0.4 is 0 Å². The van der Waals surface area contributed by atoms with Crippen molar-refractivity contribution >= 4 is 5.97 Å². The molecule has 0 spiro atoms. The summed E-state index contributed by atoms with van der Waals surface area (Å²) in [5.74, 6) is 5.82. The smallest absolute Gasteiger partial charge is 0.306 e. The van der Waals surface area contributed by atoms with Gasteiger partial charge in [0.2, 0.25) is 0 Å². The SMILES string of the molecule is CCCCCCC#CCOC(=O)CCCCC. The Bertz CT molecular complexity index is 235. The van der Waals surface area contributed by atoms with Gasteiger partial charge in [-0.3, -0.25) is 4.79 Å². The van der Waals surface area contributed by atoms with Gasteiger partial charge in [-0.25, -0.2) is 0 Å². The van der Waals surface area contributed by atoms with E-state index in [-0.39, 0.29) is 12.6 Å². The second-order valence-electron chi connectivity index (χ2n) is 4.28. The predicted molar refractivity (Wildman–Crippen MR) is 71.6 cm³/mol. The second kappa shape index (κ2) is 13.1. The van der Waals surface area contributed by atoms with Crippen molar-refractivity contribution in [2.24, 2.45) is 0 Å². The molecule has 0 amide bonds. The van der Waals surface area contributed by atoms with Gasteiger partial charge in [0.05, 0.1) is 0 Å². The molecule has 0 radical (unpaired) electrons. The van der Waals surface area contributed by atoms with Gasteiger partial charge < -0.3 is 4.74 Å². The summed E-state index contributed by atoms with van der Waals surface area (Å²) >= 11 is 0. The molecular weight excluding hydrogens is 212 g/mol. The highest BCUT2D eigenvalue weighted by Crippen LogP contribution is 2.01. The van der Waals surface area contributed by atoms with Crippen molar-refractivity contribution in [1.82, 2.24) is 0 Å². The van der Waals surface area contributed by atoms with Gasteiger partial charge in [-0.15, -0.1) is 0 Å². The monoisotopic (exact) mass is 238 g/mol. The quantitative estimate of drug-likeness (QED) is 0.343. The number of carbonyl (C=O) groups is 1. The molecule has 0 aromatic heterocycles. The maximum absolute atomic E-state index is 11.2. The fourth-order valence-corrected chi connectivity index (χ4v) is 1.49. The highest BCUT2D eigenvalue weighted by Gasteiger charge is 1.99. The maximum atomic E-state index is 11.2. The lowest BCUT2D eigenvalue weighted by molar-refractivity contribution is -0.142. The minimum atomic E-state index is -0.112. The van der Waals surface area contributed by atoms with Crippen LogP contribution in [-0.2, 0) is 9.53 Å². The molecule has 0 atom stereocenters. The van der Waals surface area contributed by atoms with Crippen LogP contribution >= 0.6 is 0 Å². The van der Waals surface area contributed by atoms with Crippen LogP contribution in [0.15, 0.2) is 0 Å². The number of ether oxygens (including phenoxy) is 1. The van der Waals surface area contributed by atoms with Gasteiger partial charge in [-0.05, 0) is 12.8 Å². The fourth-order valence-electron chi connectivity index (χ4n) is 1.49. The van der Waals surface area contributed by atoms with Gasteiger partial charge in [0.1, 0.15) is 0 Å². The molecular formula is C15H26O2. The third-order valence-electron chi connectivity index (χ3n) is 2.57. The lowest BCUT2D eigenvalue weighted by Gasteiger charge is -1.99. The molecule has 0 fully saturated rings. The van der Waals surface area contributed by atoms with E-state index in [1.54, 1.807) is 0 Å². The van der Waals surface area contributed by atoms with Crippen LogP contribution in [0, 0.1) is 11.8 Å². The Balaban J connectivity index is 3.30. The highest BCUT2D eigenvalue weighted by molar-refractivity contribution is 5.69. The summed E-state index contributed by atoms with van der Waals surface area (Å²) in [6.07, 6.45) is 9.56. The van der Waals surface area contributed by atoms with Crippen LogP contribution in [0.4, 0.5) is 0 Å². The first-order chi connectivity index (χ1) is 8.31. The van der Waals surface area contributed by atoms with Crippen molar-refractivity contribution in [2.75, 3.05) is 6.61 Å². The summed E-state index contributed by atoms with van der Waals surface area (Å²) < 4.78 is 5.00. The lowest BCUT2D eigenvalue weighted by Crippen LogP contribution is -2.04. The molecule has 0 saturated heterocycles. The Kier molecular flexibility index (Phi) is 12.3. The van der Waals surface area contributed by atoms with Gasteiger partial charge in [0.25, 0.3) is 0 Å². The van der Waals surface area contributed by atoms with E-state index in [1.165, 1.54) is 19.3 Å². The largest absolute Gasteiger partial charge is 0.452 e. The van der Waals surface area contributed by atoms with E-state index >= 15 is 0 Å². The second-order valence-corrected chi connectivity index (χ2v) is 4.28. The van der Waals surface area contributed by atoms with Crippen LogP contribution in [0.2, 0.25) is 0 Å². The van der Waals surface area contributed by atoms with Crippen molar-refractivity contribution in [3.05, 3.63) is 0 Å². The summed E-state index contributed by atoms with van der Waals surface area (Å²) in [6, 6.07) is 0. The number of esters is 1. The summed E-state index contributed by atoms with van der Waals surface area (Å²) in [5, 5.41) is 0. The first kappa shape index (κ1) is 16.0. The van der Waals surface area contributed by atoms with Crippen LogP contribution in [0.3, 0.4) is 0 Å². The minimum Gasteiger partial charge on any atom is -0.452 e.